The highest BCUT2D eigenvalue weighted by molar-refractivity contribution is 6.07. The number of aromatic nitrogens is 1. The van der Waals surface area contributed by atoms with Gasteiger partial charge in [-0.15, -0.1) is 0 Å². The van der Waals surface area contributed by atoms with Crippen LogP contribution in [0.1, 0.15) is 60.8 Å². The average molecular weight is 473 g/mol. The molecule has 0 radical (unpaired) electrons. The molecule has 0 unspecified atom stereocenters. The van der Waals surface area contributed by atoms with E-state index >= 15 is 0 Å². The van der Waals surface area contributed by atoms with Crippen LogP contribution in [-0.4, -0.2) is 35.8 Å². The Bertz CT molecular complexity index is 1350. The Balaban J connectivity index is 1.52. The minimum atomic E-state index is -0.506. The van der Waals surface area contributed by atoms with Gasteiger partial charge in [0, 0.05) is 10.9 Å². The number of esters is 1. The topological polar surface area (TPSA) is 86.8 Å². The lowest BCUT2D eigenvalue weighted by atomic mass is 9.86. The van der Waals surface area contributed by atoms with E-state index in [1.165, 1.54) is 0 Å². The first kappa shape index (κ1) is 22.9. The number of allylic oxidation sites excluding steroid dienone is 1. The highest BCUT2D eigenvalue weighted by Gasteiger charge is 2.27. The van der Waals surface area contributed by atoms with Crippen molar-refractivity contribution in [2.45, 2.75) is 45.6 Å². The molecule has 2 heterocycles. The molecule has 7 heteroatoms. The summed E-state index contributed by atoms with van der Waals surface area (Å²) in [7, 11) is 0. The summed E-state index contributed by atoms with van der Waals surface area (Å²) in [6.45, 7) is 5.54. The third kappa shape index (κ3) is 4.85. The smallest absolute Gasteiger partial charge is 0.339 e. The lowest BCUT2D eigenvalue weighted by Gasteiger charge is -2.23. The second-order valence-electron chi connectivity index (χ2n) is 9.84. The Morgan fingerprint density at radius 2 is 1.89 bits per heavy atom. The lowest BCUT2D eigenvalue weighted by molar-refractivity contribution is -0.125. The zero-order chi connectivity index (χ0) is 24.6. The fourth-order valence-corrected chi connectivity index (χ4v) is 4.57. The van der Waals surface area contributed by atoms with E-state index in [0.717, 1.165) is 57.6 Å². The molecule has 0 atom stereocenters. The van der Waals surface area contributed by atoms with Crippen molar-refractivity contribution >= 4 is 34.4 Å². The number of carbonyl (C=O) groups excluding carboxylic acids is 2. The van der Waals surface area contributed by atoms with Gasteiger partial charge in [0.2, 0.25) is 6.79 Å². The maximum Gasteiger partial charge on any atom is 0.339 e. The van der Waals surface area contributed by atoms with Gasteiger partial charge in [-0.3, -0.25) is 4.79 Å². The number of nitrogens with one attached hydrogen (secondary N) is 1. The first-order chi connectivity index (χ1) is 16.8. The van der Waals surface area contributed by atoms with Crippen LogP contribution >= 0.6 is 0 Å². The van der Waals surface area contributed by atoms with E-state index in [2.05, 4.69) is 11.4 Å². The molecular formula is C28H28N2O5. The number of pyridine rings is 1. The number of rotatable bonds is 4. The third-order valence-corrected chi connectivity index (χ3v) is 5.96. The number of carbonyl (C=O) groups is 2. The van der Waals surface area contributed by atoms with Crippen LogP contribution in [0.15, 0.2) is 42.5 Å². The maximum absolute atomic E-state index is 13.3. The molecule has 1 aromatic heterocycles. The number of amides is 1. The van der Waals surface area contributed by atoms with Crippen molar-refractivity contribution in [3.8, 4) is 11.5 Å². The second-order valence-corrected chi connectivity index (χ2v) is 9.84. The summed E-state index contributed by atoms with van der Waals surface area (Å²) in [4.78, 5) is 30.5. The van der Waals surface area contributed by atoms with Gasteiger partial charge < -0.3 is 19.5 Å². The van der Waals surface area contributed by atoms with Crippen molar-refractivity contribution in [2.75, 3.05) is 13.4 Å². The summed E-state index contributed by atoms with van der Waals surface area (Å²) in [5.74, 6) is 0.621. The van der Waals surface area contributed by atoms with Gasteiger partial charge in [0.05, 0.1) is 16.8 Å². The zero-order valence-electron chi connectivity index (χ0n) is 20.1. The zero-order valence-corrected chi connectivity index (χ0v) is 20.1. The molecule has 0 fully saturated rings. The molecule has 2 aliphatic rings. The van der Waals surface area contributed by atoms with Crippen LogP contribution in [0.25, 0.3) is 22.6 Å². The predicted octanol–water partition coefficient (Wildman–Crippen LogP) is 4.91. The summed E-state index contributed by atoms with van der Waals surface area (Å²) in [5, 5.41) is 3.55. The quantitative estimate of drug-likeness (QED) is 0.543. The van der Waals surface area contributed by atoms with E-state index in [9.17, 15) is 9.59 Å². The van der Waals surface area contributed by atoms with Crippen molar-refractivity contribution in [1.29, 1.82) is 0 Å². The molecule has 0 spiro atoms. The van der Waals surface area contributed by atoms with E-state index in [0.29, 0.717) is 12.0 Å². The standard InChI is InChI=1S/C28H28N2O5/c1-28(2,3)30-24(31)15-33-27(32)25-19-8-4-5-10-21(19)29-26-18(7-6-9-20(25)26)13-17-11-12-22-23(14-17)35-16-34-22/h4-5,8,10-14H,6-7,9,15-16H2,1-3H3,(H,30,31)/b18-13+. The molecule has 35 heavy (non-hydrogen) atoms. The Morgan fingerprint density at radius 1 is 1.09 bits per heavy atom. The number of ether oxygens (including phenoxy) is 3. The number of nitrogens with zero attached hydrogens (tertiary/aromatic N) is 1. The van der Waals surface area contributed by atoms with Crippen LogP contribution in [0.3, 0.4) is 0 Å². The van der Waals surface area contributed by atoms with E-state index in [1.54, 1.807) is 0 Å². The molecule has 5 rings (SSSR count). The summed E-state index contributed by atoms with van der Waals surface area (Å²) in [5.41, 5.74) is 4.51. The van der Waals surface area contributed by atoms with E-state index in [-0.39, 0.29) is 19.3 Å². The van der Waals surface area contributed by atoms with Crippen LogP contribution in [0.5, 0.6) is 11.5 Å². The first-order valence-corrected chi connectivity index (χ1v) is 11.8. The van der Waals surface area contributed by atoms with Gasteiger partial charge in [-0.05, 0) is 81.0 Å². The molecule has 2 aromatic carbocycles. The Morgan fingerprint density at radius 3 is 2.71 bits per heavy atom. The van der Waals surface area contributed by atoms with Gasteiger partial charge in [-0.1, -0.05) is 24.3 Å². The molecule has 1 amide bonds. The van der Waals surface area contributed by atoms with Crippen molar-refractivity contribution in [1.82, 2.24) is 10.3 Å². The summed E-state index contributed by atoms with van der Waals surface area (Å²) in [6.07, 6.45) is 4.53. The minimum absolute atomic E-state index is 0.227. The summed E-state index contributed by atoms with van der Waals surface area (Å²) in [6, 6.07) is 13.4. The van der Waals surface area contributed by atoms with Gasteiger partial charge in [0.1, 0.15) is 0 Å². The molecule has 0 saturated carbocycles. The fourth-order valence-electron chi connectivity index (χ4n) is 4.57. The fraction of sp³-hybridized carbons (Fsp3) is 0.321. The van der Waals surface area contributed by atoms with Gasteiger partial charge in [0.15, 0.2) is 18.1 Å². The summed E-state index contributed by atoms with van der Waals surface area (Å²) < 4.78 is 16.4. The van der Waals surface area contributed by atoms with Crippen molar-refractivity contribution in [3.05, 3.63) is 64.8 Å². The van der Waals surface area contributed by atoms with E-state index in [4.69, 9.17) is 19.2 Å². The Labute approximate surface area is 204 Å². The highest BCUT2D eigenvalue weighted by Crippen LogP contribution is 2.38. The van der Waals surface area contributed by atoms with Gasteiger partial charge in [-0.25, -0.2) is 9.78 Å². The number of benzene rings is 2. The monoisotopic (exact) mass is 472 g/mol. The molecule has 1 aliphatic carbocycles. The third-order valence-electron chi connectivity index (χ3n) is 5.96. The molecule has 180 valence electrons. The normalized spacial score (nSPS) is 15.7. The molecule has 0 bridgehead atoms. The van der Waals surface area contributed by atoms with Gasteiger partial charge in [0.25, 0.3) is 5.91 Å². The van der Waals surface area contributed by atoms with Crippen LogP contribution < -0.4 is 14.8 Å². The predicted molar refractivity (Wildman–Crippen MR) is 133 cm³/mol. The van der Waals surface area contributed by atoms with Crippen molar-refractivity contribution < 1.29 is 23.8 Å². The Kier molecular flexibility index (Phi) is 5.93. The van der Waals surface area contributed by atoms with Crippen LogP contribution in [0, 0.1) is 0 Å². The van der Waals surface area contributed by atoms with Crippen LogP contribution in [0.2, 0.25) is 0 Å². The van der Waals surface area contributed by atoms with Crippen LogP contribution in [0.4, 0.5) is 0 Å². The number of hydrogen-bond donors (Lipinski definition) is 1. The second kappa shape index (κ2) is 9.06. The average Bonchev–Trinajstić information content (AvgIpc) is 3.28. The summed E-state index contributed by atoms with van der Waals surface area (Å²) >= 11 is 0. The molecule has 3 aromatic rings. The Hall–Kier alpha value is -3.87. The number of fused-ring (bicyclic) bond motifs is 3. The van der Waals surface area contributed by atoms with Crippen LogP contribution in [-0.2, 0) is 16.0 Å². The molecule has 7 nitrogen and oxygen atoms in total. The van der Waals surface area contributed by atoms with Crippen molar-refractivity contribution in [3.63, 3.8) is 0 Å². The highest BCUT2D eigenvalue weighted by atomic mass is 16.7. The molecular weight excluding hydrogens is 444 g/mol. The number of hydrogen-bond acceptors (Lipinski definition) is 6. The largest absolute Gasteiger partial charge is 0.454 e. The SMILES string of the molecule is CC(C)(C)NC(=O)COC(=O)c1c2c(nc3ccccc13)/C(=C/c1ccc3c(c1)OCO3)CCC2. The molecule has 1 N–H and O–H groups in total. The lowest BCUT2D eigenvalue weighted by Crippen LogP contribution is -2.42. The number of para-hydroxylation sites is 1. The maximum atomic E-state index is 13.3. The first-order valence-electron chi connectivity index (χ1n) is 11.8. The molecule has 0 saturated heterocycles. The van der Waals surface area contributed by atoms with E-state index < -0.39 is 11.5 Å². The van der Waals surface area contributed by atoms with Gasteiger partial charge >= 0.3 is 5.97 Å². The van der Waals surface area contributed by atoms with Crippen molar-refractivity contribution in [2.24, 2.45) is 0 Å². The minimum Gasteiger partial charge on any atom is -0.454 e. The van der Waals surface area contributed by atoms with E-state index in [1.807, 2.05) is 63.2 Å². The molecule has 1 aliphatic heterocycles. The van der Waals surface area contributed by atoms with Gasteiger partial charge in [-0.2, -0.15) is 0 Å².